The lowest BCUT2D eigenvalue weighted by molar-refractivity contribution is 0.196. The third kappa shape index (κ3) is 4.47. The first-order chi connectivity index (χ1) is 9.08. The first-order valence-corrected chi connectivity index (χ1v) is 7.56. The van der Waals surface area contributed by atoms with Crippen molar-refractivity contribution in [3.63, 3.8) is 0 Å². The summed E-state index contributed by atoms with van der Waals surface area (Å²) < 4.78 is 0. The molecule has 3 heteroatoms. The van der Waals surface area contributed by atoms with Gasteiger partial charge >= 0.3 is 0 Å². The van der Waals surface area contributed by atoms with E-state index in [2.05, 4.69) is 56.2 Å². The monoisotopic (exact) mass is 296 g/mol. The van der Waals surface area contributed by atoms with Crippen LogP contribution in [-0.4, -0.2) is 31.6 Å². The highest BCUT2D eigenvalue weighted by atomic mass is 35.5. The third-order valence-electron chi connectivity index (χ3n) is 4.55. The first-order valence-electron chi connectivity index (χ1n) is 7.56. The van der Waals surface area contributed by atoms with Gasteiger partial charge in [-0.3, -0.25) is 4.90 Å². The van der Waals surface area contributed by atoms with Crippen molar-refractivity contribution in [2.75, 3.05) is 26.7 Å². The van der Waals surface area contributed by atoms with E-state index in [1.165, 1.54) is 49.2 Å². The number of aryl methyl sites for hydroxylation is 2. The molecule has 0 saturated carbocycles. The molecule has 0 radical (unpaired) electrons. The maximum atomic E-state index is 3.45. The second-order valence-corrected chi connectivity index (χ2v) is 6.17. The van der Waals surface area contributed by atoms with Crippen LogP contribution in [0.1, 0.15) is 42.5 Å². The third-order valence-corrected chi connectivity index (χ3v) is 4.55. The summed E-state index contributed by atoms with van der Waals surface area (Å²) >= 11 is 0. The highest BCUT2D eigenvalue weighted by Gasteiger charge is 2.19. The zero-order valence-electron chi connectivity index (χ0n) is 13.3. The van der Waals surface area contributed by atoms with Crippen molar-refractivity contribution in [2.24, 2.45) is 5.92 Å². The van der Waals surface area contributed by atoms with Crippen molar-refractivity contribution >= 4 is 12.4 Å². The highest BCUT2D eigenvalue weighted by Crippen LogP contribution is 2.25. The van der Waals surface area contributed by atoms with Gasteiger partial charge < -0.3 is 5.32 Å². The molecule has 1 atom stereocenters. The quantitative estimate of drug-likeness (QED) is 0.911. The van der Waals surface area contributed by atoms with Crippen LogP contribution in [0.3, 0.4) is 0 Å². The molecule has 1 N–H and O–H groups in total. The lowest BCUT2D eigenvalue weighted by Crippen LogP contribution is -2.35. The van der Waals surface area contributed by atoms with Gasteiger partial charge in [-0.05, 0) is 70.8 Å². The Morgan fingerprint density at radius 3 is 2.55 bits per heavy atom. The molecule has 1 aliphatic rings. The molecule has 0 bridgehead atoms. The van der Waals surface area contributed by atoms with Gasteiger partial charge in [-0.25, -0.2) is 0 Å². The number of halogens is 1. The van der Waals surface area contributed by atoms with Gasteiger partial charge in [0.1, 0.15) is 0 Å². The predicted octanol–water partition coefficient (Wildman–Crippen LogP) is 3.72. The van der Waals surface area contributed by atoms with E-state index in [0.717, 1.165) is 5.92 Å². The minimum absolute atomic E-state index is 0. The molecule has 0 aromatic heterocycles. The Hall–Kier alpha value is -0.570. The Balaban J connectivity index is 0.00000200. The summed E-state index contributed by atoms with van der Waals surface area (Å²) in [4.78, 5) is 2.53. The minimum atomic E-state index is 0. The predicted molar refractivity (Wildman–Crippen MR) is 89.8 cm³/mol. The van der Waals surface area contributed by atoms with E-state index < -0.39 is 0 Å². The summed E-state index contributed by atoms with van der Waals surface area (Å²) in [5, 5.41) is 3.45. The van der Waals surface area contributed by atoms with Crippen molar-refractivity contribution in [3.05, 3.63) is 34.9 Å². The molecule has 1 aromatic carbocycles. The fourth-order valence-corrected chi connectivity index (χ4v) is 3.08. The van der Waals surface area contributed by atoms with Crippen molar-refractivity contribution in [3.8, 4) is 0 Å². The van der Waals surface area contributed by atoms with Crippen LogP contribution in [0.4, 0.5) is 0 Å². The molecule has 1 unspecified atom stereocenters. The molecule has 0 aliphatic carbocycles. The molecule has 1 heterocycles. The van der Waals surface area contributed by atoms with E-state index in [1.54, 1.807) is 0 Å². The average Bonchev–Trinajstić information content (AvgIpc) is 2.42. The number of piperidine rings is 1. The highest BCUT2D eigenvalue weighted by molar-refractivity contribution is 5.85. The van der Waals surface area contributed by atoms with Crippen LogP contribution in [0.25, 0.3) is 0 Å². The summed E-state index contributed by atoms with van der Waals surface area (Å²) in [5.74, 6) is 0.860. The summed E-state index contributed by atoms with van der Waals surface area (Å²) in [5.41, 5.74) is 4.26. The average molecular weight is 297 g/mol. The van der Waals surface area contributed by atoms with E-state index in [1.807, 2.05) is 0 Å². The number of nitrogens with zero attached hydrogens (tertiary/aromatic N) is 1. The number of hydrogen-bond donors (Lipinski definition) is 1. The van der Waals surface area contributed by atoms with Gasteiger partial charge in [0, 0.05) is 12.6 Å². The van der Waals surface area contributed by atoms with Gasteiger partial charge in [0.25, 0.3) is 0 Å². The van der Waals surface area contributed by atoms with E-state index >= 15 is 0 Å². The standard InChI is InChI=1S/C17H28N2.ClH/c1-13-5-6-14(2)17(11-13)15(3)19(4)12-16-7-9-18-10-8-16;/h5-6,11,15-16,18H,7-10,12H2,1-4H3;1H. The fourth-order valence-electron chi connectivity index (χ4n) is 3.08. The van der Waals surface area contributed by atoms with Gasteiger partial charge in [-0.2, -0.15) is 0 Å². The number of nitrogens with one attached hydrogen (secondary N) is 1. The molecule has 1 fully saturated rings. The van der Waals surface area contributed by atoms with Crippen LogP contribution < -0.4 is 5.32 Å². The fraction of sp³-hybridized carbons (Fsp3) is 0.647. The van der Waals surface area contributed by atoms with E-state index in [0.29, 0.717) is 6.04 Å². The maximum absolute atomic E-state index is 3.45. The van der Waals surface area contributed by atoms with Crippen LogP contribution in [0.15, 0.2) is 18.2 Å². The van der Waals surface area contributed by atoms with Crippen LogP contribution in [0, 0.1) is 19.8 Å². The maximum Gasteiger partial charge on any atom is 0.0319 e. The zero-order chi connectivity index (χ0) is 13.8. The lowest BCUT2D eigenvalue weighted by Gasteiger charge is -2.32. The van der Waals surface area contributed by atoms with Gasteiger partial charge in [0.2, 0.25) is 0 Å². The summed E-state index contributed by atoms with van der Waals surface area (Å²) in [7, 11) is 2.27. The molecule has 1 aliphatic heterocycles. The Bertz CT molecular complexity index is 413. The van der Waals surface area contributed by atoms with E-state index in [4.69, 9.17) is 0 Å². The van der Waals surface area contributed by atoms with Gasteiger partial charge in [-0.1, -0.05) is 23.8 Å². The SMILES string of the molecule is Cc1ccc(C)c(C(C)N(C)CC2CCNCC2)c1.Cl. The molecule has 20 heavy (non-hydrogen) atoms. The van der Waals surface area contributed by atoms with Crippen molar-refractivity contribution in [2.45, 2.75) is 39.7 Å². The summed E-state index contributed by atoms with van der Waals surface area (Å²) in [6, 6.07) is 7.31. The molecule has 2 nitrogen and oxygen atoms in total. The molecule has 1 aromatic rings. The lowest BCUT2D eigenvalue weighted by atomic mass is 9.95. The first kappa shape index (κ1) is 17.5. The van der Waals surface area contributed by atoms with Crippen molar-refractivity contribution in [1.29, 1.82) is 0 Å². The molecule has 0 amide bonds. The van der Waals surface area contributed by atoms with Gasteiger partial charge in [0.05, 0.1) is 0 Å². The smallest absolute Gasteiger partial charge is 0.0319 e. The zero-order valence-corrected chi connectivity index (χ0v) is 14.1. The van der Waals surface area contributed by atoms with Gasteiger partial charge in [-0.15, -0.1) is 12.4 Å². The van der Waals surface area contributed by atoms with Crippen LogP contribution in [-0.2, 0) is 0 Å². The van der Waals surface area contributed by atoms with Crippen LogP contribution in [0.2, 0.25) is 0 Å². The molecular formula is C17H29ClN2. The number of rotatable bonds is 4. The van der Waals surface area contributed by atoms with Crippen molar-refractivity contribution in [1.82, 2.24) is 10.2 Å². The van der Waals surface area contributed by atoms with Gasteiger partial charge in [0.15, 0.2) is 0 Å². The van der Waals surface area contributed by atoms with Crippen molar-refractivity contribution < 1.29 is 0 Å². The Kier molecular flexibility index (Phi) is 7.01. The second-order valence-electron chi connectivity index (χ2n) is 6.17. The number of benzene rings is 1. The normalized spacial score (nSPS) is 17.9. The minimum Gasteiger partial charge on any atom is -0.317 e. The Labute approximate surface area is 130 Å². The molecule has 1 saturated heterocycles. The Morgan fingerprint density at radius 1 is 1.25 bits per heavy atom. The Morgan fingerprint density at radius 2 is 1.90 bits per heavy atom. The molecule has 0 spiro atoms. The largest absolute Gasteiger partial charge is 0.317 e. The number of hydrogen-bond acceptors (Lipinski definition) is 2. The molecular weight excluding hydrogens is 268 g/mol. The topological polar surface area (TPSA) is 15.3 Å². The molecule has 2 rings (SSSR count). The summed E-state index contributed by atoms with van der Waals surface area (Å²) in [6.45, 7) is 10.3. The van der Waals surface area contributed by atoms with E-state index in [-0.39, 0.29) is 12.4 Å². The van der Waals surface area contributed by atoms with Crippen LogP contribution >= 0.6 is 12.4 Å². The van der Waals surface area contributed by atoms with Crippen LogP contribution in [0.5, 0.6) is 0 Å². The summed E-state index contributed by atoms with van der Waals surface area (Å²) in [6.07, 6.45) is 2.65. The van der Waals surface area contributed by atoms with E-state index in [9.17, 15) is 0 Å². The molecule has 114 valence electrons. The second kappa shape index (κ2) is 8.02.